The maximum Gasteiger partial charge on any atom is 0.160 e. The number of hydrogen-bond donors (Lipinski definition) is 1. The average molecular weight is 260 g/mol. The molecular weight excluding hydrogens is 246 g/mol. The van der Waals surface area contributed by atoms with Gasteiger partial charge in [0.05, 0.1) is 5.02 Å². The van der Waals surface area contributed by atoms with Crippen molar-refractivity contribution in [3.63, 3.8) is 0 Å². The molecule has 3 rings (SSSR count). The molecule has 2 aromatic rings. The fraction of sp³-hybridized carbons (Fsp3) is 0.286. The van der Waals surface area contributed by atoms with Gasteiger partial charge in [0, 0.05) is 36.1 Å². The third-order valence-corrected chi connectivity index (χ3v) is 3.32. The molecule has 0 unspecified atom stereocenters. The molecule has 1 fully saturated rings. The van der Waals surface area contributed by atoms with Gasteiger partial charge in [0.25, 0.3) is 0 Å². The smallest absolute Gasteiger partial charge is 0.160 e. The molecule has 0 amide bonds. The molecule has 1 aromatic heterocycles. The van der Waals surface area contributed by atoms with E-state index in [1.165, 1.54) is 12.8 Å². The molecule has 0 radical (unpaired) electrons. The molecule has 1 aliphatic rings. The Balaban J connectivity index is 1.75. The van der Waals surface area contributed by atoms with Gasteiger partial charge in [-0.3, -0.25) is 0 Å². The molecule has 0 bridgehead atoms. The number of hydrogen-bond acceptors (Lipinski definition) is 3. The Morgan fingerprint density at radius 2 is 1.89 bits per heavy atom. The first-order valence-corrected chi connectivity index (χ1v) is 6.50. The van der Waals surface area contributed by atoms with Crippen LogP contribution in [0.5, 0.6) is 0 Å². The Kier molecular flexibility index (Phi) is 3.26. The molecular formula is C14H14ClN3. The summed E-state index contributed by atoms with van der Waals surface area (Å²) in [5.74, 6) is 0.677. The van der Waals surface area contributed by atoms with Crippen LogP contribution in [0, 0.1) is 0 Å². The predicted molar refractivity (Wildman–Crippen MR) is 72.3 cm³/mol. The Morgan fingerprint density at radius 1 is 1.17 bits per heavy atom. The lowest BCUT2D eigenvalue weighted by Gasteiger charge is -2.05. The number of benzene rings is 1. The van der Waals surface area contributed by atoms with E-state index in [-0.39, 0.29) is 0 Å². The van der Waals surface area contributed by atoms with Crippen LogP contribution in [0.25, 0.3) is 11.4 Å². The van der Waals surface area contributed by atoms with Crippen molar-refractivity contribution in [3.05, 3.63) is 47.2 Å². The van der Waals surface area contributed by atoms with Gasteiger partial charge in [0.1, 0.15) is 0 Å². The first-order chi connectivity index (χ1) is 8.83. The standard InChI is InChI=1S/C14H14ClN3/c15-13-4-2-1-3-12(13)14-17-8-10(9-18-14)7-16-11-5-6-11/h1-4,8-9,11,16H,5-7H2. The van der Waals surface area contributed by atoms with Crippen molar-refractivity contribution in [2.45, 2.75) is 25.4 Å². The highest BCUT2D eigenvalue weighted by molar-refractivity contribution is 6.33. The van der Waals surface area contributed by atoms with Crippen LogP contribution in [-0.4, -0.2) is 16.0 Å². The minimum absolute atomic E-state index is 0.677. The van der Waals surface area contributed by atoms with Crippen LogP contribution in [0.1, 0.15) is 18.4 Å². The van der Waals surface area contributed by atoms with Gasteiger partial charge in [-0.25, -0.2) is 9.97 Å². The Labute approximate surface area is 111 Å². The first kappa shape index (κ1) is 11.6. The van der Waals surface area contributed by atoms with Crippen molar-refractivity contribution in [1.29, 1.82) is 0 Å². The van der Waals surface area contributed by atoms with Gasteiger partial charge >= 0.3 is 0 Å². The minimum atomic E-state index is 0.677. The van der Waals surface area contributed by atoms with E-state index in [1.807, 2.05) is 36.7 Å². The van der Waals surface area contributed by atoms with Crippen LogP contribution in [0.4, 0.5) is 0 Å². The van der Waals surface area contributed by atoms with Gasteiger partial charge in [-0.15, -0.1) is 0 Å². The normalized spacial score (nSPS) is 14.7. The van der Waals surface area contributed by atoms with Crippen molar-refractivity contribution in [3.8, 4) is 11.4 Å². The highest BCUT2D eigenvalue weighted by Crippen LogP contribution is 2.24. The second kappa shape index (κ2) is 5.04. The molecule has 3 nitrogen and oxygen atoms in total. The zero-order valence-corrected chi connectivity index (χ0v) is 10.7. The second-order valence-electron chi connectivity index (χ2n) is 4.55. The van der Waals surface area contributed by atoms with Gasteiger partial charge in [-0.05, 0) is 25.0 Å². The quantitative estimate of drug-likeness (QED) is 0.917. The fourth-order valence-electron chi connectivity index (χ4n) is 1.78. The van der Waals surface area contributed by atoms with E-state index in [9.17, 15) is 0 Å². The monoisotopic (exact) mass is 259 g/mol. The van der Waals surface area contributed by atoms with Crippen LogP contribution in [0.15, 0.2) is 36.7 Å². The minimum Gasteiger partial charge on any atom is -0.310 e. The van der Waals surface area contributed by atoms with Gasteiger partial charge in [-0.1, -0.05) is 23.7 Å². The van der Waals surface area contributed by atoms with Crippen molar-refractivity contribution >= 4 is 11.6 Å². The molecule has 4 heteroatoms. The van der Waals surface area contributed by atoms with E-state index >= 15 is 0 Å². The van der Waals surface area contributed by atoms with E-state index in [1.54, 1.807) is 0 Å². The lowest BCUT2D eigenvalue weighted by Crippen LogP contribution is -2.15. The topological polar surface area (TPSA) is 37.8 Å². The van der Waals surface area contributed by atoms with Gasteiger partial charge in [0.2, 0.25) is 0 Å². The van der Waals surface area contributed by atoms with Crippen LogP contribution >= 0.6 is 11.6 Å². The summed E-state index contributed by atoms with van der Waals surface area (Å²) >= 11 is 6.12. The van der Waals surface area contributed by atoms with E-state index < -0.39 is 0 Å². The maximum absolute atomic E-state index is 6.12. The van der Waals surface area contributed by atoms with Crippen molar-refractivity contribution < 1.29 is 0 Å². The van der Waals surface area contributed by atoms with E-state index in [0.29, 0.717) is 16.9 Å². The van der Waals surface area contributed by atoms with Crippen molar-refractivity contribution in [2.75, 3.05) is 0 Å². The number of nitrogens with zero attached hydrogens (tertiary/aromatic N) is 2. The SMILES string of the molecule is Clc1ccccc1-c1ncc(CNC2CC2)cn1. The Hall–Kier alpha value is -1.45. The van der Waals surface area contributed by atoms with Crippen LogP contribution in [0.2, 0.25) is 5.02 Å². The lowest BCUT2D eigenvalue weighted by atomic mass is 10.2. The summed E-state index contributed by atoms with van der Waals surface area (Å²) in [6.45, 7) is 0.841. The van der Waals surface area contributed by atoms with Gasteiger partial charge in [-0.2, -0.15) is 0 Å². The summed E-state index contributed by atoms with van der Waals surface area (Å²) in [6.07, 6.45) is 6.30. The average Bonchev–Trinajstić information content (AvgIpc) is 3.22. The Bertz CT molecular complexity index is 535. The number of aromatic nitrogens is 2. The maximum atomic E-state index is 6.12. The van der Waals surface area contributed by atoms with Crippen LogP contribution < -0.4 is 5.32 Å². The summed E-state index contributed by atoms with van der Waals surface area (Å²) < 4.78 is 0. The van der Waals surface area contributed by atoms with Crippen LogP contribution in [0.3, 0.4) is 0 Å². The summed E-state index contributed by atoms with van der Waals surface area (Å²) in [5, 5.41) is 4.12. The molecule has 1 aromatic carbocycles. The largest absolute Gasteiger partial charge is 0.310 e. The molecule has 1 saturated carbocycles. The molecule has 18 heavy (non-hydrogen) atoms. The fourth-order valence-corrected chi connectivity index (χ4v) is 2.00. The first-order valence-electron chi connectivity index (χ1n) is 6.12. The number of nitrogens with one attached hydrogen (secondary N) is 1. The van der Waals surface area contributed by atoms with Gasteiger partial charge < -0.3 is 5.32 Å². The zero-order chi connectivity index (χ0) is 12.4. The van der Waals surface area contributed by atoms with E-state index in [4.69, 9.17) is 11.6 Å². The third-order valence-electron chi connectivity index (χ3n) is 2.99. The molecule has 0 atom stereocenters. The molecule has 0 saturated heterocycles. The number of rotatable bonds is 4. The van der Waals surface area contributed by atoms with Crippen molar-refractivity contribution in [2.24, 2.45) is 0 Å². The molecule has 0 spiro atoms. The van der Waals surface area contributed by atoms with Crippen molar-refractivity contribution in [1.82, 2.24) is 15.3 Å². The second-order valence-corrected chi connectivity index (χ2v) is 4.96. The highest BCUT2D eigenvalue weighted by atomic mass is 35.5. The summed E-state index contributed by atoms with van der Waals surface area (Å²) in [6, 6.07) is 8.32. The predicted octanol–water partition coefficient (Wildman–Crippen LogP) is 3.05. The molecule has 1 aliphatic carbocycles. The summed E-state index contributed by atoms with van der Waals surface area (Å²) in [5.41, 5.74) is 1.98. The zero-order valence-electron chi connectivity index (χ0n) is 9.94. The van der Waals surface area contributed by atoms with Gasteiger partial charge in [0.15, 0.2) is 5.82 Å². The Morgan fingerprint density at radius 3 is 2.56 bits per heavy atom. The molecule has 0 aliphatic heterocycles. The molecule has 1 N–H and O–H groups in total. The third kappa shape index (κ3) is 2.68. The van der Waals surface area contributed by atoms with E-state index in [0.717, 1.165) is 17.7 Å². The summed E-state index contributed by atoms with van der Waals surface area (Å²) in [4.78, 5) is 8.75. The van der Waals surface area contributed by atoms with E-state index in [2.05, 4.69) is 15.3 Å². The number of halogens is 1. The summed E-state index contributed by atoms with van der Waals surface area (Å²) in [7, 11) is 0. The highest BCUT2D eigenvalue weighted by Gasteiger charge is 2.19. The lowest BCUT2D eigenvalue weighted by molar-refractivity contribution is 0.683. The van der Waals surface area contributed by atoms with Crippen LogP contribution in [-0.2, 0) is 6.54 Å². The molecule has 1 heterocycles. The molecule has 92 valence electrons.